The van der Waals surface area contributed by atoms with Crippen LogP contribution in [0, 0.1) is 6.92 Å². The average Bonchev–Trinajstić information content (AvgIpc) is 2.30. The first-order valence-electron chi connectivity index (χ1n) is 6.05. The van der Waals surface area contributed by atoms with E-state index >= 15 is 0 Å². The monoisotopic (exact) mass is 236 g/mol. The first kappa shape index (κ1) is 14.0. The van der Waals surface area contributed by atoms with Crippen LogP contribution < -0.4 is 10.5 Å². The third-order valence-electron chi connectivity index (χ3n) is 3.06. The Morgan fingerprint density at radius 3 is 2.47 bits per heavy atom. The summed E-state index contributed by atoms with van der Waals surface area (Å²) in [7, 11) is 3.76. The lowest BCUT2D eigenvalue weighted by atomic mass is 9.96. The molecule has 0 aliphatic rings. The smallest absolute Gasteiger partial charge is 0.122 e. The minimum Gasteiger partial charge on any atom is -0.496 e. The lowest BCUT2D eigenvalue weighted by Gasteiger charge is -2.19. The Bertz CT molecular complexity index is 375. The number of nitrogens with two attached hydrogens (primary N) is 1. The summed E-state index contributed by atoms with van der Waals surface area (Å²) in [4.78, 5) is 2.10. The van der Waals surface area contributed by atoms with Gasteiger partial charge >= 0.3 is 0 Å². The summed E-state index contributed by atoms with van der Waals surface area (Å²) in [5, 5.41) is 0. The fraction of sp³-hybridized carbons (Fsp3) is 0.571. The van der Waals surface area contributed by atoms with Gasteiger partial charge in [-0.05, 0) is 42.6 Å². The standard InChI is InChI=1S/C14H24N2O/c1-10(2)13-7-12(8-16(4)9-15)11(3)6-14(13)17-5/h6-7,10H,8-9,15H2,1-5H3. The van der Waals surface area contributed by atoms with Crippen LogP contribution in [-0.4, -0.2) is 25.7 Å². The normalized spacial score (nSPS) is 11.3. The van der Waals surface area contributed by atoms with E-state index in [4.69, 9.17) is 10.5 Å². The predicted octanol–water partition coefficient (Wildman–Crippen LogP) is 2.48. The van der Waals surface area contributed by atoms with E-state index in [-0.39, 0.29) is 0 Å². The van der Waals surface area contributed by atoms with Crippen LogP contribution in [0.5, 0.6) is 5.75 Å². The average molecular weight is 236 g/mol. The highest BCUT2D eigenvalue weighted by Crippen LogP contribution is 2.29. The molecule has 0 atom stereocenters. The number of rotatable bonds is 5. The van der Waals surface area contributed by atoms with Crippen LogP contribution in [-0.2, 0) is 6.54 Å². The fourth-order valence-corrected chi connectivity index (χ4v) is 1.90. The Balaban J connectivity index is 3.10. The maximum absolute atomic E-state index is 5.63. The van der Waals surface area contributed by atoms with Gasteiger partial charge in [0.1, 0.15) is 5.75 Å². The Morgan fingerprint density at radius 2 is 2.00 bits per heavy atom. The molecule has 0 aliphatic carbocycles. The molecule has 3 heteroatoms. The van der Waals surface area contributed by atoms with E-state index in [1.165, 1.54) is 16.7 Å². The summed E-state index contributed by atoms with van der Waals surface area (Å²) < 4.78 is 5.44. The number of aryl methyl sites for hydroxylation is 1. The van der Waals surface area contributed by atoms with Crippen molar-refractivity contribution in [2.24, 2.45) is 5.73 Å². The van der Waals surface area contributed by atoms with Crippen LogP contribution in [0.4, 0.5) is 0 Å². The molecular formula is C14H24N2O. The number of ether oxygens (including phenoxy) is 1. The van der Waals surface area contributed by atoms with Crippen molar-refractivity contribution in [1.29, 1.82) is 0 Å². The summed E-state index contributed by atoms with van der Waals surface area (Å²) in [6, 6.07) is 4.36. The van der Waals surface area contributed by atoms with Gasteiger partial charge in [0.2, 0.25) is 0 Å². The molecule has 1 aromatic rings. The van der Waals surface area contributed by atoms with Gasteiger partial charge in [0, 0.05) is 13.2 Å². The Kier molecular flexibility index (Phi) is 4.97. The van der Waals surface area contributed by atoms with Crippen molar-refractivity contribution in [2.75, 3.05) is 20.8 Å². The molecule has 0 aliphatic heterocycles. The second-order valence-electron chi connectivity index (χ2n) is 4.87. The van der Waals surface area contributed by atoms with Crippen LogP contribution in [0.3, 0.4) is 0 Å². The zero-order chi connectivity index (χ0) is 13.0. The van der Waals surface area contributed by atoms with E-state index in [1.807, 2.05) is 7.05 Å². The van der Waals surface area contributed by atoms with E-state index in [0.717, 1.165) is 12.3 Å². The molecule has 0 saturated carbocycles. The molecule has 0 bridgehead atoms. The quantitative estimate of drug-likeness (QED) is 0.798. The van der Waals surface area contributed by atoms with Gasteiger partial charge in [-0.1, -0.05) is 19.9 Å². The summed E-state index contributed by atoms with van der Waals surface area (Å²) in [6.07, 6.45) is 0. The van der Waals surface area contributed by atoms with Gasteiger partial charge < -0.3 is 10.5 Å². The van der Waals surface area contributed by atoms with Crippen molar-refractivity contribution in [1.82, 2.24) is 4.90 Å². The molecule has 0 saturated heterocycles. The van der Waals surface area contributed by atoms with E-state index in [9.17, 15) is 0 Å². The van der Waals surface area contributed by atoms with Crippen molar-refractivity contribution in [2.45, 2.75) is 33.2 Å². The molecular weight excluding hydrogens is 212 g/mol. The van der Waals surface area contributed by atoms with Gasteiger partial charge in [0.05, 0.1) is 7.11 Å². The van der Waals surface area contributed by atoms with Crippen LogP contribution in [0.1, 0.15) is 36.5 Å². The van der Waals surface area contributed by atoms with E-state index in [0.29, 0.717) is 12.6 Å². The van der Waals surface area contributed by atoms with Crippen LogP contribution in [0.15, 0.2) is 12.1 Å². The fourth-order valence-electron chi connectivity index (χ4n) is 1.90. The minimum absolute atomic E-state index is 0.465. The first-order chi connectivity index (χ1) is 7.99. The summed E-state index contributed by atoms with van der Waals surface area (Å²) >= 11 is 0. The van der Waals surface area contributed by atoms with E-state index in [1.54, 1.807) is 7.11 Å². The van der Waals surface area contributed by atoms with Crippen molar-refractivity contribution in [3.63, 3.8) is 0 Å². The molecule has 0 amide bonds. The van der Waals surface area contributed by atoms with Gasteiger partial charge in [-0.25, -0.2) is 0 Å². The Labute approximate surface area is 105 Å². The zero-order valence-corrected chi connectivity index (χ0v) is 11.6. The molecule has 96 valence electrons. The van der Waals surface area contributed by atoms with Gasteiger partial charge in [-0.2, -0.15) is 0 Å². The molecule has 0 heterocycles. The largest absolute Gasteiger partial charge is 0.496 e. The SMILES string of the molecule is COc1cc(C)c(CN(C)CN)cc1C(C)C. The zero-order valence-electron chi connectivity index (χ0n) is 11.6. The van der Waals surface area contributed by atoms with E-state index in [2.05, 4.69) is 37.8 Å². The third-order valence-corrected chi connectivity index (χ3v) is 3.06. The summed E-state index contributed by atoms with van der Waals surface area (Å²) in [5.41, 5.74) is 9.47. The van der Waals surface area contributed by atoms with Crippen molar-refractivity contribution in [3.05, 3.63) is 28.8 Å². The Morgan fingerprint density at radius 1 is 1.35 bits per heavy atom. The van der Waals surface area contributed by atoms with Gasteiger partial charge in [0.15, 0.2) is 0 Å². The summed E-state index contributed by atoms with van der Waals surface area (Å²) in [6.45, 7) is 7.94. The highest BCUT2D eigenvalue weighted by Gasteiger charge is 2.11. The molecule has 1 aromatic carbocycles. The lowest BCUT2D eigenvalue weighted by Crippen LogP contribution is -2.25. The van der Waals surface area contributed by atoms with Crippen LogP contribution >= 0.6 is 0 Å². The molecule has 0 unspecified atom stereocenters. The van der Waals surface area contributed by atoms with Gasteiger partial charge in [-0.3, -0.25) is 4.90 Å². The van der Waals surface area contributed by atoms with Crippen LogP contribution in [0.25, 0.3) is 0 Å². The second kappa shape index (κ2) is 6.03. The molecule has 0 aromatic heterocycles. The lowest BCUT2D eigenvalue weighted by molar-refractivity contribution is 0.336. The topological polar surface area (TPSA) is 38.5 Å². The molecule has 2 N–H and O–H groups in total. The molecule has 17 heavy (non-hydrogen) atoms. The summed E-state index contributed by atoms with van der Waals surface area (Å²) in [5.74, 6) is 1.45. The molecule has 0 radical (unpaired) electrons. The maximum atomic E-state index is 5.63. The predicted molar refractivity (Wildman–Crippen MR) is 72.3 cm³/mol. The number of methoxy groups -OCH3 is 1. The minimum atomic E-state index is 0.465. The number of benzene rings is 1. The Hall–Kier alpha value is -1.06. The van der Waals surface area contributed by atoms with Gasteiger partial charge in [0.25, 0.3) is 0 Å². The number of hydrogen-bond donors (Lipinski definition) is 1. The highest BCUT2D eigenvalue weighted by atomic mass is 16.5. The van der Waals surface area contributed by atoms with E-state index < -0.39 is 0 Å². The second-order valence-corrected chi connectivity index (χ2v) is 4.87. The van der Waals surface area contributed by atoms with Crippen molar-refractivity contribution >= 4 is 0 Å². The molecule has 1 rings (SSSR count). The van der Waals surface area contributed by atoms with Crippen LogP contribution in [0.2, 0.25) is 0 Å². The maximum Gasteiger partial charge on any atom is 0.122 e. The molecule has 3 nitrogen and oxygen atoms in total. The molecule has 0 spiro atoms. The van der Waals surface area contributed by atoms with Crippen molar-refractivity contribution < 1.29 is 4.74 Å². The molecule has 0 fully saturated rings. The first-order valence-corrected chi connectivity index (χ1v) is 6.05. The van der Waals surface area contributed by atoms with Crippen molar-refractivity contribution in [3.8, 4) is 5.75 Å². The number of nitrogens with zero attached hydrogens (tertiary/aromatic N) is 1. The number of hydrogen-bond acceptors (Lipinski definition) is 3. The van der Waals surface area contributed by atoms with Gasteiger partial charge in [-0.15, -0.1) is 0 Å². The highest BCUT2D eigenvalue weighted by molar-refractivity contribution is 5.43. The third kappa shape index (κ3) is 3.45.